The third-order valence-corrected chi connectivity index (χ3v) is 6.16. The molecule has 0 atom stereocenters. The Hall–Kier alpha value is -2.13. The molecule has 0 saturated carbocycles. The molecule has 1 aromatic rings. The zero-order valence-electron chi connectivity index (χ0n) is 14.8. The molecule has 1 aromatic carbocycles. The molecule has 0 spiro atoms. The number of nitrogens with one attached hydrogen (secondary N) is 2. The standard InChI is InChI=1S/C17H25N3O5S/c1-13-7-8-14(26(24,25)20-10-3-2-4-11-20)12-15(13)19-17(23)18-9-5-6-16(21)22/h7-8,12H,2-6,9-11H2,1H3,(H,21,22)(H2,18,19,23). The lowest BCUT2D eigenvalue weighted by Gasteiger charge is -2.26. The van der Waals surface area contributed by atoms with Gasteiger partial charge in [-0.15, -0.1) is 0 Å². The first kappa shape index (κ1) is 20.2. The van der Waals surface area contributed by atoms with E-state index in [2.05, 4.69) is 10.6 Å². The summed E-state index contributed by atoms with van der Waals surface area (Å²) in [6.45, 7) is 3.03. The third-order valence-electron chi connectivity index (χ3n) is 4.26. The number of hydrogen-bond acceptors (Lipinski definition) is 4. The van der Waals surface area contributed by atoms with E-state index in [9.17, 15) is 18.0 Å². The smallest absolute Gasteiger partial charge is 0.319 e. The number of carbonyl (C=O) groups is 2. The van der Waals surface area contributed by atoms with E-state index in [4.69, 9.17) is 5.11 Å². The maximum absolute atomic E-state index is 12.8. The molecule has 1 aliphatic heterocycles. The number of benzene rings is 1. The topological polar surface area (TPSA) is 116 Å². The van der Waals surface area contributed by atoms with Gasteiger partial charge in [0.05, 0.1) is 4.90 Å². The minimum Gasteiger partial charge on any atom is -0.481 e. The second kappa shape index (κ2) is 9.00. The van der Waals surface area contributed by atoms with Crippen LogP contribution in [0.25, 0.3) is 0 Å². The molecule has 0 aromatic heterocycles. The maximum atomic E-state index is 12.8. The summed E-state index contributed by atoms with van der Waals surface area (Å²) < 4.78 is 27.0. The number of piperidine rings is 1. The Balaban J connectivity index is 2.04. The van der Waals surface area contributed by atoms with Gasteiger partial charge in [0.1, 0.15) is 0 Å². The molecule has 144 valence electrons. The van der Waals surface area contributed by atoms with Crippen molar-refractivity contribution in [3.05, 3.63) is 23.8 Å². The van der Waals surface area contributed by atoms with Gasteiger partial charge in [0.15, 0.2) is 0 Å². The molecule has 0 bridgehead atoms. The van der Waals surface area contributed by atoms with Gasteiger partial charge in [-0.3, -0.25) is 4.79 Å². The summed E-state index contributed by atoms with van der Waals surface area (Å²) in [5.74, 6) is -0.918. The van der Waals surface area contributed by atoms with Gasteiger partial charge in [-0.1, -0.05) is 12.5 Å². The van der Waals surface area contributed by atoms with Gasteiger partial charge in [0, 0.05) is 31.7 Å². The highest BCUT2D eigenvalue weighted by Gasteiger charge is 2.26. The average Bonchev–Trinajstić information content (AvgIpc) is 2.61. The monoisotopic (exact) mass is 383 g/mol. The first-order valence-electron chi connectivity index (χ1n) is 8.68. The molecule has 1 fully saturated rings. The van der Waals surface area contributed by atoms with Gasteiger partial charge in [0.2, 0.25) is 10.0 Å². The number of hydrogen-bond donors (Lipinski definition) is 3. The van der Waals surface area contributed by atoms with Crippen LogP contribution in [0.15, 0.2) is 23.1 Å². The van der Waals surface area contributed by atoms with Crippen LogP contribution >= 0.6 is 0 Å². The van der Waals surface area contributed by atoms with E-state index in [1.54, 1.807) is 19.1 Å². The number of sulfonamides is 1. The Morgan fingerprint density at radius 3 is 2.54 bits per heavy atom. The van der Waals surface area contributed by atoms with Crippen LogP contribution in [0.5, 0.6) is 0 Å². The number of carboxylic acid groups (broad SMARTS) is 1. The second-order valence-corrected chi connectivity index (χ2v) is 8.26. The first-order valence-corrected chi connectivity index (χ1v) is 10.1. The zero-order chi connectivity index (χ0) is 19.2. The van der Waals surface area contributed by atoms with Crippen LogP contribution in [-0.2, 0) is 14.8 Å². The lowest BCUT2D eigenvalue weighted by Crippen LogP contribution is -2.35. The summed E-state index contributed by atoms with van der Waals surface area (Å²) in [6.07, 6.45) is 3.05. The number of aliphatic carboxylic acids is 1. The van der Waals surface area contributed by atoms with Crippen molar-refractivity contribution < 1.29 is 23.1 Å². The van der Waals surface area contributed by atoms with E-state index in [0.29, 0.717) is 25.2 Å². The van der Waals surface area contributed by atoms with Gasteiger partial charge >= 0.3 is 12.0 Å². The fourth-order valence-corrected chi connectivity index (χ4v) is 4.30. The van der Waals surface area contributed by atoms with Crippen LogP contribution in [0.1, 0.15) is 37.7 Å². The van der Waals surface area contributed by atoms with Gasteiger partial charge in [-0.25, -0.2) is 13.2 Å². The minimum absolute atomic E-state index is 0.0249. The van der Waals surface area contributed by atoms with Gasteiger partial charge < -0.3 is 15.7 Å². The average molecular weight is 383 g/mol. The van der Waals surface area contributed by atoms with E-state index in [1.807, 2.05) is 0 Å². The molecular weight excluding hydrogens is 358 g/mol. The molecule has 0 aliphatic carbocycles. The lowest BCUT2D eigenvalue weighted by molar-refractivity contribution is -0.137. The van der Waals surface area contributed by atoms with Crippen LogP contribution in [0.3, 0.4) is 0 Å². The third kappa shape index (κ3) is 5.43. The van der Waals surface area contributed by atoms with Crippen molar-refractivity contribution in [3.8, 4) is 0 Å². The van der Waals surface area contributed by atoms with E-state index in [1.165, 1.54) is 10.4 Å². The van der Waals surface area contributed by atoms with Gasteiger partial charge in [0.25, 0.3) is 0 Å². The molecule has 0 radical (unpaired) electrons. The van der Waals surface area contributed by atoms with Crippen LogP contribution in [0.2, 0.25) is 0 Å². The molecule has 2 amide bonds. The number of anilines is 1. The number of amides is 2. The summed E-state index contributed by atoms with van der Waals surface area (Å²) in [5.41, 5.74) is 1.15. The van der Waals surface area contributed by atoms with Crippen molar-refractivity contribution in [2.45, 2.75) is 43.9 Å². The predicted octanol–water partition coefficient (Wildman–Crippen LogP) is 2.16. The van der Waals surface area contributed by atoms with E-state index >= 15 is 0 Å². The fourth-order valence-electron chi connectivity index (χ4n) is 2.76. The van der Waals surface area contributed by atoms with Gasteiger partial charge in [-0.05, 0) is 43.9 Å². The Morgan fingerprint density at radius 1 is 1.19 bits per heavy atom. The van der Waals surface area contributed by atoms with Crippen molar-refractivity contribution >= 4 is 27.7 Å². The normalized spacial score (nSPS) is 15.4. The van der Waals surface area contributed by atoms with E-state index < -0.39 is 22.0 Å². The number of urea groups is 1. The predicted molar refractivity (Wildman–Crippen MR) is 97.7 cm³/mol. The Bertz CT molecular complexity index is 758. The summed E-state index contributed by atoms with van der Waals surface area (Å²) >= 11 is 0. The first-order chi connectivity index (χ1) is 12.3. The molecule has 1 saturated heterocycles. The highest BCUT2D eigenvalue weighted by Crippen LogP contribution is 2.25. The summed E-state index contributed by atoms with van der Waals surface area (Å²) in [5, 5.41) is 13.8. The van der Waals surface area contributed by atoms with Crippen LogP contribution in [0, 0.1) is 6.92 Å². The molecule has 9 heteroatoms. The number of carboxylic acids is 1. The van der Waals surface area contributed by atoms with Gasteiger partial charge in [-0.2, -0.15) is 4.31 Å². The number of carbonyl (C=O) groups excluding carboxylic acids is 1. The van der Waals surface area contributed by atoms with Crippen molar-refractivity contribution in [2.24, 2.45) is 0 Å². The Labute approximate surface area is 153 Å². The lowest BCUT2D eigenvalue weighted by atomic mass is 10.2. The highest BCUT2D eigenvalue weighted by atomic mass is 32.2. The van der Waals surface area contributed by atoms with Crippen molar-refractivity contribution in [1.29, 1.82) is 0 Å². The quantitative estimate of drug-likeness (QED) is 0.624. The molecule has 0 unspecified atom stereocenters. The van der Waals surface area contributed by atoms with Crippen molar-refractivity contribution in [2.75, 3.05) is 25.0 Å². The zero-order valence-corrected chi connectivity index (χ0v) is 15.6. The molecule has 8 nitrogen and oxygen atoms in total. The summed E-state index contributed by atoms with van der Waals surface area (Å²) in [6, 6.07) is 4.19. The van der Waals surface area contributed by atoms with E-state index in [-0.39, 0.29) is 17.9 Å². The molecule has 3 N–H and O–H groups in total. The minimum atomic E-state index is -3.57. The number of rotatable bonds is 7. The number of aryl methyl sites for hydroxylation is 1. The van der Waals surface area contributed by atoms with Crippen LogP contribution < -0.4 is 10.6 Å². The van der Waals surface area contributed by atoms with Crippen molar-refractivity contribution in [3.63, 3.8) is 0 Å². The molecule has 1 heterocycles. The molecular formula is C17H25N3O5S. The fraction of sp³-hybridized carbons (Fsp3) is 0.529. The van der Waals surface area contributed by atoms with E-state index in [0.717, 1.165) is 24.8 Å². The Kier molecular flexibility index (Phi) is 6.98. The maximum Gasteiger partial charge on any atom is 0.319 e. The largest absolute Gasteiger partial charge is 0.481 e. The Morgan fingerprint density at radius 2 is 1.88 bits per heavy atom. The SMILES string of the molecule is Cc1ccc(S(=O)(=O)N2CCCCC2)cc1NC(=O)NCCCC(=O)O. The second-order valence-electron chi connectivity index (χ2n) is 6.32. The van der Waals surface area contributed by atoms with Crippen LogP contribution in [-0.4, -0.2) is 49.5 Å². The molecule has 1 aliphatic rings. The van der Waals surface area contributed by atoms with Crippen LogP contribution in [0.4, 0.5) is 10.5 Å². The van der Waals surface area contributed by atoms with Crippen molar-refractivity contribution in [1.82, 2.24) is 9.62 Å². The molecule has 2 rings (SSSR count). The number of nitrogens with zero attached hydrogens (tertiary/aromatic N) is 1. The highest BCUT2D eigenvalue weighted by molar-refractivity contribution is 7.89. The summed E-state index contributed by atoms with van der Waals surface area (Å²) in [7, 11) is -3.57. The summed E-state index contributed by atoms with van der Waals surface area (Å²) in [4.78, 5) is 22.6. The molecule has 26 heavy (non-hydrogen) atoms.